The molecule has 0 aliphatic carbocycles. The van der Waals surface area contributed by atoms with Crippen LogP contribution in [0.1, 0.15) is 21.6 Å². The molecule has 26 heavy (non-hydrogen) atoms. The minimum atomic E-state index is -0.246. The van der Waals surface area contributed by atoms with Crippen molar-refractivity contribution in [2.45, 2.75) is 13.1 Å². The van der Waals surface area contributed by atoms with E-state index in [0.717, 1.165) is 23.4 Å². The van der Waals surface area contributed by atoms with E-state index >= 15 is 0 Å². The van der Waals surface area contributed by atoms with Crippen LogP contribution in [0.3, 0.4) is 0 Å². The van der Waals surface area contributed by atoms with Gasteiger partial charge >= 0.3 is 0 Å². The number of benzene rings is 2. The molecule has 3 aromatic rings. The number of carbonyl (C=O) groups is 1. The Kier molecular flexibility index (Phi) is 5.66. The number of H-pyrrole nitrogens is 1. The lowest BCUT2D eigenvalue weighted by Crippen LogP contribution is -2.15. The largest absolute Gasteiger partial charge is 0.378 e. The summed E-state index contributed by atoms with van der Waals surface area (Å²) in [5.41, 5.74) is 4.05. The molecule has 0 bridgehead atoms. The van der Waals surface area contributed by atoms with Gasteiger partial charge in [0.1, 0.15) is 0 Å². The zero-order valence-corrected chi connectivity index (χ0v) is 15.0. The number of nitrogens with zero attached hydrogens (tertiary/aromatic N) is 2. The van der Waals surface area contributed by atoms with Crippen molar-refractivity contribution < 1.29 is 4.79 Å². The first-order chi connectivity index (χ1) is 12.6. The molecule has 0 atom stereocenters. The van der Waals surface area contributed by atoms with Crippen LogP contribution in [0.5, 0.6) is 0 Å². The second-order valence-electron chi connectivity index (χ2n) is 6.38. The fourth-order valence-electron chi connectivity index (χ4n) is 2.69. The molecule has 1 aromatic heterocycles. The summed E-state index contributed by atoms with van der Waals surface area (Å²) >= 11 is 0. The Balaban J connectivity index is 1.66. The molecule has 6 nitrogen and oxygen atoms in total. The van der Waals surface area contributed by atoms with Crippen LogP contribution in [-0.2, 0) is 13.1 Å². The van der Waals surface area contributed by atoms with E-state index in [1.54, 1.807) is 6.20 Å². The molecule has 6 heteroatoms. The first-order valence-corrected chi connectivity index (χ1v) is 8.48. The summed E-state index contributed by atoms with van der Waals surface area (Å²) in [4.78, 5) is 14.7. The molecular weight excluding hydrogens is 326 g/mol. The number of rotatable bonds is 7. The number of carbonyl (C=O) groups excluding carboxylic acids is 1. The molecule has 0 radical (unpaired) electrons. The molecule has 0 aliphatic heterocycles. The van der Waals surface area contributed by atoms with Gasteiger partial charge in [-0.15, -0.1) is 0 Å². The van der Waals surface area contributed by atoms with Gasteiger partial charge in [-0.1, -0.05) is 42.5 Å². The molecule has 2 aromatic carbocycles. The zero-order chi connectivity index (χ0) is 18.4. The zero-order valence-electron chi connectivity index (χ0n) is 15.0. The van der Waals surface area contributed by atoms with Crippen LogP contribution in [0, 0.1) is 0 Å². The number of hydrogen-bond donors (Lipinski definition) is 3. The number of anilines is 2. The molecule has 3 rings (SSSR count). The van der Waals surface area contributed by atoms with Crippen LogP contribution in [0.4, 0.5) is 11.4 Å². The van der Waals surface area contributed by atoms with Gasteiger partial charge in [0.15, 0.2) is 5.69 Å². The van der Waals surface area contributed by atoms with Gasteiger partial charge in [0.05, 0.1) is 5.69 Å². The van der Waals surface area contributed by atoms with Crippen molar-refractivity contribution in [3.05, 3.63) is 77.6 Å². The van der Waals surface area contributed by atoms with Crippen LogP contribution in [0.15, 0.2) is 60.8 Å². The van der Waals surface area contributed by atoms with Crippen molar-refractivity contribution >= 4 is 17.3 Å². The average Bonchev–Trinajstić information content (AvgIpc) is 3.09. The number of aromatic nitrogens is 2. The summed E-state index contributed by atoms with van der Waals surface area (Å²) in [6.07, 6.45) is 1.69. The molecule has 0 unspecified atom stereocenters. The highest BCUT2D eigenvalue weighted by atomic mass is 16.2. The minimum absolute atomic E-state index is 0.246. The van der Waals surface area contributed by atoms with Crippen LogP contribution < -0.4 is 10.6 Å². The standard InChI is InChI=1S/C20H23N5O/c1-25(2)14-16-9-6-10-17(11-16)23-20(26)19-18(13-22-24-19)21-12-15-7-4-3-5-8-15/h3-11,13,21H,12,14H2,1-2H3,(H,22,24)(H,23,26). The minimum Gasteiger partial charge on any atom is -0.378 e. The quantitative estimate of drug-likeness (QED) is 0.612. The summed E-state index contributed by atoms with van der Waals surface area (Å²) in [6, 6.07) is 17.8. The highest BCUT2D eigenvalue weighted by Gasteiger charge is 2.15. The van der Waals surface area contributed by atoms with Crippen LogP contribution in [0.2, 0.25) is 0 Å². The summed E-state index contributed by atoms with van der Waals surface area (Å²) in [7, 11) is 4.03. The molecule has 1 amide bonds. The summed E-state index contributed by atoms with van der Waals surface area (Å²) < 4.78 is 0. The normalized spacial score (nSPS) is 10.7. The van der Waals surface area contributed by atoms with E-state index in [9.17, 15) is 4.79 Å². The highest BCUT2D eigenvalue weighted by molar-refractivity contribution is 6.06. The summed E-state index contributed by atoms with van der Waals surface area (Å²) in [6.45, 7) is 1.44. The fourth-order valence-corrected chi connectivity index (χ4v) is 2.69. The van der Waals surface area contributed by atoms with Crippen molar-refractivity contribution in [2.24, 2.45) is 0 Å². The van der Waals surface area contributed by atoms with Gasteiger partial charge in [-0.05, 0) is 37.4 Å². The van der Waals surface area contributed by atoms with E-state index in [0.29, 0.717) is 17.9 Å². The summed E-state index contributed by atoms with van der Waals surface area (Å²) in [5.74, 6) is -0.246. The van der Waals surface area contributed by atoms with Crippen molar-refractivity contribution in [2.75, 3.05) is 24.7 Å². The number of nitrogens with one attached hydrogen (secondary N) is 3. The molecule has 0 fully saturated rings. The molecule has 1 heterocycles. The number of amides is 1. The van der Waals surface area contributed by atoms with Crippen LogP contribution in [-0.4, -0.2) is 35.1 Å². The van der Waals surface area contributed by atoms with Gasteiger partial charge in [0.2, 0.25) is 0 Å². The van der Waals surface area contributed by atoms with Crippen LogP contribution >= 0.6 is 0 Å². The molecule has 3 N–H and O–H groups in total. The molecule has 0 spiro atoms. The Morgan fingerprint density at radius 2 is 1.85 bits per heavy atom. The third-order valence-corrected chi connectivity index (χ3v) is 3.86. The smallest absolute Gasteiger partial charge is 0.278 e. The van der Waals surface area contributed by atoms with E-state index in [1.165, 1.54) is 0 Å². The maximum absolute atomic E-state index is 12.6. The van der Waals surface area contributed by atoms with E-state index < -0.39 is 0 Å². The molecular formula is C20H23N5O. The van der Waals surface area contributed by atoms with Gasteiger partial charge in [0, 0.05) is 25.0 Å². The second kappa shape index (κ2) is 8.31. The molecule has 0 aliphatic rings. The average molecular weight is 349 g/mol. The highest BCUT2D eigenvalue weighted by Crippen LogP contribution is 2.17. The van der Waals surface area contributed by atoms with Gasteiger partial charge < -0.3 is 15.5 Å². The lowest BCUT2D eigenvalue weighted by atomic mass is 10.2. The third-order valence-electron chi connectivity index (χ3n) is 3.86. The Labute approximate surface area is 153 Å². The van der Waals surface area contributed by atoms with Gasteiger partial charge in [-0.3, -0.25) is 9.89 Å². The van der Waals surface area contributed by atoms with E-state index in [2.05, 4.69) is 25.7 Å². The van der Waals surface area contributed by atoms with Crippen molar-refractivity contribution in [1.29, 1.82) is 0 Å². The maximum Gasteiger partial charge on any atom is 0.278 e. The first-order valence-electron chi connectivity index (χ1n) is 8.48. The predicted octanol–water partition coefficient (Wildman–Crippen LogP) is 3.34. The Morgan fingerprint density at radius 1 is 1.08 bits per heavy atom. The number of hydrogen-bond acceptors (Lipinski definition) is 4. The van der Waals surface area contributed by atoms with Gasteiger partial charge in [-0.25, -0.2) is 0 Å². The predicted molar refractivity (Wildman–Crippen MR) is 104 cm³/mol. The fraction of sp³-hybridized carbons (Fsp3) is 0.200. The Bertz CT molecular complexity index is 857. The Morgan fingerprint density at radius 3 is 2.62 bits per heavy atom. The van der Waals surface area contributed by atoms with E-state index in [4.69, 9.17) is 0 Å². The monoisotopic (exact) mass is 349 g/mol. The lowest BCUT2D eigenvalue weighted by molar-refractivity contribution is 0.102. The van der Waals surface area contributed by atoms with Gasteiger partial charge in [-0.2, -0.15) is 5.10 Å². The maximum atomic E-state index is 12.6. The SMILES string of the molecule is CN(C)Cc1cccc(NC(=O)c2n[nH]cc2NCc2ccccc2)c1. The Hall–Kier alpha value is -3.12. The molecule has 0 saturated carbocycles. The number of aromatic amines is 1. The van der Waals surface area contributed by atoms with Crippen molar-refractivity contribution in [3.8, 4) is 0 Å². The lowest BCUT2D eigenvalue weighted by Gasteiger charge is -2.11. The summed E-state index contributed by atoms with van der Waals surface area (Å²) in [5, 5.41) is 13.0. The molecule has 134 valence electrons. The first kappa shape index (κ1) is 17.7. The third kappa shape index (κ3) is 4.70. The van der Waals surface area contributed by atoms with E-state index in [-0.39, 0.29) is 5.91 Å². The van der Waals surface area contributed by atoms with Crippen LogP contribution in [0.25, 0.3) is 0 Å². The van der Waals surface area contributed by atoms with Crippen molar-refractivity contribution in [3.63, 3.8) is 0 Å². The molecule has 0 saturated heterocycles. The van der Waals surface area contributed by atoms with E-state index in [1.807, 2.05) is 68.7 Å². The van der Waals surface area contributed by atoms with Gasteiger partial charge in [0.25, 0.3) is 5.91 Å². The topological polar surface area (TPSA) is 73.0 Å². The van der Waals surface area contributed by atoms with Crippen molar-refractivity contribution in [1.82, 2.24) is 15.1 Å². The second-order valence-corrected chi connectivity index (χ2v) is 6.38.